The van der Waals surface area contributed by atoms with Crippen LogP contribution in [0.1, 0.15) is 44.7 Å². The quantitative estimate of drug-likeness (QED) is 0.743. The molecular formula is C17H23N. The molecule has 0 N–H and O–H groups in total. The molecule has 0 bridgehead atoms. The topological polar surface area (TPSA) is 12.4 Å². The first-order valence-electron chi connectivity index (χ1n) is 7.06. The summed E-state index contributed by atoms with van der Waals surface area (Å²) in [5, 5.41) is 0. The standard InChI is InChI=1S/C17H23N/c1-4-11-18-17-15(12-13(2)3)10-9-14-7-5-6-8-16(14)17/h5-8,12-13H,4,9-11H2,1-3H3/b15-12+,18-17?. The third kappa shape index (κ3) is 2.90. The van der Waals surface area contributed by atoms with E-state index in [4.69, 9.17) is 4.99 Å². The van der Waals surface area contributed by atoms with Crippen molar-refractivity contribution in [2.45, 2.75) is 40.0 Å². The Labute approximate surface area is 111 Å². The zero-order valence-corrected chi connectivity index (χ0v) is 11.7. The van der Waals surface area contributed by atoms with E-state index in [-0.39, 0.29) is 0 Å². The van der Waals surface area contributed by atoms with Crippen LogP contribution in [-0.2, 0) is 6.42 Å². The molecule has 0 heterocycles. The Morgan fingerprint density at radius 1 is 1.22 bits per heavy atom. The molecule has 1 heteroatoms. The van der Waals surface area contributed by atoms with E-state index in [1.807, 2.05) is 0 Å². The monoisotopic (exact) mass is 241 g/mol. The third-order valence-electron chi connectivity index (χ3n) is 3.27. The first-order valence-corrected chi connectivity index (χ1v) is 7.06. The number of allylic oxidation sites excluding steroid dienone is 2. The van der Waals surface area contributed by atoms with Crippen molar-refractivity contribution in [3.63, 3.8) is 0 Å². The molecule has 0 saturated carbocycles. The number of aliphatic imine (C=N–C) groups is 1. The van der Waals surface area contributed by atoms with Crippen molar-refractivity contribution in [2.75, 3.05) is 6.54 Å². The SMILES string of the molecule is CCCN=C1/C(=C/C(C)C)CCc2ccccc21. The highest BCUT2D eigenvalue weighted by atomic mass is 14.7. The van der Waals surface area contributed by atoms with Gasteiger partial charge in [-0.15, -0.1) is 0 Å². The highest BCUT2D eigenvalue weighted by Crippen LogP contribution is 2.26. The van der Waals surface area contributed by atoms with Crippen molar-refractivity contribution in [1.82, 2.24) is 0 Å². The van der Waals surface area contributed by atoms with E-state index < -0.39 is 0 Å². The minimum Gasteiger partial charge on any atom is -0.284 e. The average molecular weight is 241 g/mol. The molecule has 2 rings (SSSR count). The van der Waals surface area contributed by atoms with Gasteiger partial charge in [0.2, 0.25) is 0 Å². The number of nitrogens with zero attached hydrogens (tertiary/aromatic N) is 1. The number of hydrogen-bond acceptors (Lipinski definition) is 1. The van der Waals surface area contributed by atoms with Crippen LogP contribution in [0.2, 0.25) is 0 Å². The zero-order chi connectivity index (χ0) is 13.0. The van der Waals surface area contributed by atoms with Crippen LogP contribution >= 0.6 is 0 Å². The predicted octanol–water partition coefficient (Wildman–Crippen LogP) is 4.41. The minimum absolute atomic E-state index is 0.595. The van der Waals surface area contributed by atoms with Gasteiger partial charge in [0.25, 0.3) is 0 Å². The molecule has 1 aliphatic rings. The predicted molar refractivity (Wildman–Crippen MR) is 79.4 cm³/mol. The Hall–Kier alpha value is -1.37. The van der Waals surface area contributed by atoms with E-state index in [1.165, 1.54) is 22.4 Å². The molecule has 0 atom stereocenters. The second kappa shape index (κ2) is 5.99. The first kappa shape index (κ1) is 13.1. The van der Waals surface area contributed by atoms with Gasteiger partial charge in [-0.2, -0.15) is 0 Å². The van der Waals surface area contributed by atoms with E-state index >= 15 is 0 Å². The van der Waals surface area contributed by atoms with E-state index in [0.29, 0.717) is 5.92 Å². The Morgan fingerprint density at radius 2 is 2.00 bits per heavy atom. The highest BCUT2D eigenvalue weighted by molar-refractivity contribution is 6.14. The lowest BCUT2D eigenvalue weighted by Crippen LogP contribution is -2.16. The molecule has 0 aliphatic heterocycles. The van der Waals surface area contributed by atoms with Gasteiger partial charge in [0.15, 0.2) is 0 Å². The minimum atomic E-state index is 0.595. The van der Waals surface area contributed by atoms with Crippen molar-refractivity contribution in [1.29, 1.82) is 0 Å². The van der Waals surface area contributed by atoms with Gasteiger partial charge in [-0.25, -0.2) is 0 Å². The van der Waals surface area contributed by atoms with Crippen LogP contribution in [-0.4, -0.2) is 12.3 Å². The van der Waals surface area contributed by atoms with Gasteiger partial charge in [-0.3, -0.25) is 4.99 Å². The fraction of sp³-hybridized carbons (Fsp3) is 0.471. The number of aryl methyl sites for hydroxylation is 1. The lowest BCUT2D eigenvalue weighted by Gasteiger charge is -2.22. The van der Waals surface area contributed by atoms with Crippen molar-refractivity contribution in [3.05, 3.63) is 47.0 Å². The first-order chi connectivity index (χ1) is 8.72. The Kier molecular flexibility index (Phi) is 4.35. The summed E-state index contributed by atoms with van der Waals surface area (Å²) in [5.74, 6) is 0.595. The molecule has 0 saturated heterocycles. The average Bonchev–Trinajstić information content (AvgIpc) is 2.37. The fourth-order valence-corrected chi connectivity index (χ4v) is 2.51. The molecule has 0 amide bonds. The van der Waals surface area contributed by atoms with Crippen molar-refractivity contribution < 1.29 is 0 Å². The van der Waals surface area contributed by atoms with E-state index in [0.717, 1.165) is 25.8 Å². The zero-order valence-electron chi connectivity index (χ0n) is 11.7. The number of benzene rings is 1. The second-order valence-corrected chi connectivity index (χ2v) is 5.32. The lowest BCUT2D eigenvalue weighted by molar-refractivity contribution is 0.809. The summed E-state index contributed by atoms with van der Waals surface area (Å²) >= 11 is 0. The number of fused-ring (bicyclic) bond motifs is 1. The molecule has 18 heavy (non-hydrogen) atoms. The van der Waals surface area contributed by atoms with Gasteiger partial charge < -0.3 is 0 Å². The van der Waals surface area contributed by atoms with Gasteiger partial charge in [0, 0.05) is 12.1 Å². The summed E-state index contributed by atoms with van der Waals surface area (Å²) in [6.45, 7) is 7.60. The maximum atomic E-state index is 4.83. The van der Waals surface area contributed by atoms with Gasteiger partial charge in [0.1, 0.15) is 0 Å². The van der Waals surface area contributed by atoms with E-state index in [1.54, 1.807) is 0 Å². The Morgan fingerprint density at radius 3 is 2.72 bits per heavy atom. The Bertz CT molecular complexity index is 466. The second-order valence-electron chi connectivity index (χ2n) is 5.32. The lowest BCUT2D eigenvalue weighted by atomic mass is 9.85. The van der Waals surface area contributed by atoms with Crippen LogP contribution in [0.3, 0.4) is 0 Å². The normalized spacial score (nSPS) is 19.6. The van der Waals surface area contributed by atoms with Gasteiger partial charge in [0.05, 0.1) is 5.71 Å². The van der Waals surface area contributed by atoms with Gasteiger partial charge in [-0.05, 0) is 36.3 Å². The molecule has 0 radical (unpaired) electrons. The van der Waals surface area contributed by atoms with Crippen molar-refractivity contribution in [2.24, 2.45) is 10.9 Å². The summed E-state index contributed by atoms with van der Waals surface area (Å²) in [7, 11) is 0. The smallest absolute Gasteiger partial charge is 0.0678 e. The van der Waals surface area contributed by atoms with Crippen LogP contribution in [0.15, 0.2) is 40.9 Å². The van der Waals surface area contributed by atoms with Crippen LogP contribution in [0.4, 0.5) is 0 Å². The molecule has 1 nitrogen and oxygen atoms in total. The van der Waals surface area contributed by atoms with Gasteiger partial charge in [-0.1, -0.05) is 51.1 Å². The maximum Gasteiger partial charge on any atom is 0.0678 e. The summed E-state index contributed by atoms with van der Waals surface area (Å²) in [6.07, 6.45) is 5.78. The molecule has 1 aromatic rings. The maximum absolute atomic E-state index is 4.83. The van der Waals surface area contributed by atoms with Crippen LogP contribution < -0.4 is 0 Å². The van der Waals surface area contributed by atoms with E-state index in [2.05, 4.69) is 51.1 Å². The summed E-state index contributed by atoms with van der Waals surface area (Å²) in [4.78, 5) is 4.83. The summed E-state index contributed by atoms with van der Waals surface area (Å²) in [6, 6.07) is 8.71. The molecular weight excluding hydrogens is 218 g/mol. The number of rotatable bonds is 3. The Balaban J connectivity index is 2.43. The summed E-state index contributed by atoms with van der Waals surface area (Å²) < 4.78 is 0. The molecule has 0 aromatic heterocycles. The van der Waals surface area contributed by atoms with Crippen molar-refractivity contribution in [3.8, 4) is 0 Å². The van der Waals surface area contributed by atoms with Crippen LogP contribution in [0, 0.1) is 5.92 Å². The van der Waals surface area contributed by atoms with Gasteiger partial charge >= 0.3 is 0 Å². The van der Waals surface area contributed by atoms with Crippen molar-refractivity contribution >= 4 is 5.71 Å². The summed E-state index contributed by atoms with van der Waals surface area (Å²) in [5.41, 5.74) is 5.49. The molecule has 1 aromatic carbocycles. The molecule has 1 aliphatic carbocycles. The third-order valence-corrected chi connectivity index (χ3v) is 3.27. The fourth-order valence-electron chi connectivity index (χ4n) is 2.51. The largest absolute Gasteiger partial charge is 0.284 e. The molecule has 96 valence electrons. The van der Waals surface area contributed by atoms with Crippen LogP contribution in [0.5, 0.6) is 0 Å². The van der Waals surface area contributed by atoms with E-state index in [9.17, 15) is 0 Å². The molecule has 0 spiro atoms. The molecule has 0 unspecified atom stereocenters. The highest BCUT2D eigenvalue weighted by Gasteiger charge is 2.19. The molecule has 0 fully saturated rings. The van der Waals surface area contributed by atoms with Crippen LogP contribution in [0.25, 0.3) is 0 Å². The number of hydrogen-bond donors (Lipinski definition) is 0.